The molecule has 1 saturated heterocycles. The van der Waals surface area contributed by atoms with Crippen LogP contribution in [0.2, 0.25) is 0 Å². The fourth-order valence-corrected chi connectivity index (χ4v) is 3.53. The Balaban J connectivity index is 2.37. The Morgan fingerprint density at radius 1 is 1.33 bits per heavy atom. The van der Waals surface area contributed by atoms with Gasteiger partial charge in [-0.25, -0.2) is 0 Å². The van der Waals surface area contributed by atoms with E-state index in [9.17, 15) is 0 Å². The molecule has 2 unspecified atom stereocenters. The van der Waals surface area contributed by atoms with Crippen molar-refractivity contribution >= 4 is 11.8 Å². The van der Waals surface area contributed by atoms with Crippen molar-refractivity contribution in [2.75, 3.05) is 31.1 Å². The van der Waals surface area contributed by atoms with Crippen LogP contribution >= 0.6 is 11.8 Å². The van der Waals surface area contributed by atoms with Crippen molar-refractivity contribution in [3.05, 3.63) is 0 Å². The Bertz CT molecular complexity index is 209. The van der Waals surface area contributed by atoms with Crippen molar-refractivity contribution < 1.29 is 0 Å². The first-order chi connectivity index (χ1) is 8.63. The molecule has 0 aromatic heterocycles. The molecule has 0 amide bonds. The van der Waals surface area contributed by atoms with E-state index in [4.69, 9.17) is 0 Å². The van der Waals surface area contributed by atoms with Crippen LogP contribution in [0, 0.1) is 5.92 Å². The third kappa shape index (κ3) is 6.44. The minimum absolute atomic E-state index is 0.703. The van der Waals surface area contributed by atoms with Crippen LogP contribution in [0.1, 0.15) is 47.0 Å². The number of nitrogens with zero attached hydrogens (tertiary/aromatic N) is 1. The second-order valence-electron chi connectivity index (χ2n) is 5.96. The van der Waals surface area contributed by atoms with Crippen molar-refractivity contribution in [2.45, 2.75) is 59.0 Å². The smallest absolute Gasteiger partial charge is 0.0197 e. The van der Waals surface area contributed by atoms with E-state index in [2.05, 4.69) is 49.7 Å². The predicted molar refractivity (Wildman–Crippen MR) is 84.5 cm³/mol. The van der Waals surface area contributed by atoms with Gasteiger partial charge < -0.3 is 5.32 Å². The third-order valence-corrected chi connectivity index (χ3v) is 4.71. The summed E-state index contributed by atoms with van der Waals surface area (Å²) >= 11 is 2.07. The lowest BCUT2D eigenvalue weighted by Gasteiger charge is -2.30. The minimum atomic E-state index is 0.703. The number of nitrogens with one attached hydrogen (secondary N) is 1. The van der Waals surface area contributed by atoms with Gasteiger partial charge in [-0.1, -0.05) is 20.8 Å². The van der Waals surface area contributed by atoms with Crippen molar-refractivity contribution in [1.82, 2.24) is 10.2 Å². The van der Waals surface area contributed by atoms with E-state index < -0.39 is 0 Å². The molecule has 0 radical (unpaired) electrons. The summed E-state index contributed by atoms with van der Waals surface area (Å²) in [7, 11) is 0. The number of thioether (sulfide) groups is 1. The largest absolute Gasteiger partial charge is 0.313 e. The van der Waals surface area contributed by atoms with Crippen LogP contribution in [-0.2, 0) is 0 Å². The summed E-state index contributed by atoms with van der Waals surface area (Å²) in [5.41, 5.74) is 0. The summed E-state index contributed by atoms with van der Waals surface area (Å²) in [5.74, 6) is 3.37. The molecule has 1 aliphatic heterocycles. The van der Waals surface area contributed by atoms with Gasteiger partial charge in [0.05, 0.1) is 0 Å². The number of hydrogen-bond donors (Lipinski definition) is 1. The average Bonchev–Trinajstić information content (AvgIpc) is 2.54. The van der Waals surface area contributed by atoms with Crippen molar-refractivity contribution in [1.29, 1.82) is 0 Å². The van der Waals surface area contributed by atoms with Crippen LogP contribution in [0.3, 0.4) is 0 Å². The van der Waals surface area contributed by atoms with E-state index in [1.54, 1.807) is 0 Å². The molecular formula is C15H32N2S. The summed E-state index contributed by atoms with van der Waals surface area (Å²) < 4.78 is 0. The highest BCUT2D eigenvalue weighted by Gasteiger charge is 2.21. The van der Waals surface area contributed by atoms with Crippen molar-refractivity contribution in [3.63, 3.8) is 0 Å². The van der Waals surface area contributed by atoms with Crippen LogP contribution in [0.15, 0.2) is 0 Å². The molecular weight excluding hydrogens is 240 g/mol. The molecule has 1 heterocycles. The Labute approximate surface area is 118 Å². The van der Waals surface area contributed by atoms with Crippen LogP contribution < -0.4 is 5.32 Å². The van der Waals surface area contributed by atoms with Crippen molar-refractivity contribution in [3.8, 4) is 0 Å². The Morgan fingerprint density at radius 3 is 2.78 bits per heavy atom. The topological polar surface area (TPSA) is 15.3 Å². The maximum Gasteiger partial charge on any atom is 0.0197 e. The zero-order chi connectivity index (χ0) is 13.4. The lowest BCUT2D eigenvalue weighted by Crippen LogP contribution is -2.42. The van der Waals surface area contributed by atoms with Crippen molar-refractivity contribution in [2.24, 2.45) is 5.92 Å². The highest BCUT2D eigenvalue weighted by molar-refractivity contribution is 7.99. The molecule has 3 heteroatoms. The van der Waals surface area contributed by atoms with Crippen LogP contribution in [0.25, 0.3) is 0 Å². The lowest BCUT2D eigenvalue weighted by atomic mass is 10.0. The SMILES string of the molecule is CCSCCC(C)N1CCCNC(CC(C)C)C1. The second-order valence-corrected chi connectivity index (χ2v) is 7.36. The molecule has 18 heavy (non-hydrogen) atoms. The Morgan fingerprint density at radius 2 is 2.11 bits per heavy atom. The van der Waals surface area contributed by atoms with Gasteiger partial charge in [-0.05, 0) is 56.7 Å². The maximum absolute atomic E-state index is 3.72. The summed E-state index contributed by atoms with van der Waals surface area (Å²) in [5, 5.41) is 3.72. The van der Waals surface area contributed by atoms with E-state index in [1.165, 1.54) is 50.4 Å². The molecule has 0 aromatic carbocycles. The number of hydrogen-bond acceptors (Lipinski definition) is 3. The van der Waals surface area contributed by atoms with Crippen LogP contribution in [-0.4, -0.2) is 48.1 Å². The highest BCUT2D eigenvalue weighted by atomic mass is 32.2. The molecule has 0 aromatic rings. The van der Waals surface area contributed by atoms with Gasteiger partial charge >= 0.3 is 0 Å². The molecule has 1 rings (SSSR count). The summed E-state index contributed by atoms with van der Waals surface area (Å²) in [6.07, 6.45) is 3.96. The Kier molecular flexibility index (Phi) is 8.36. The predicted octanol–water partition coefficient (Wildman–Crippen LogP) is 3.23. The molecule has 2 atom stereocenters. The van der Waals surface area contributed by atoms with Gasteiger partial charge in [0.1, 0.15) is 0 Å². The van der Waals surface area contributed by atoms with Crippen LogP contribution in [0.5, 0.6) is 0 Å². The molecule has 0 saturated carbocycles. The first-order valence-corrected chi connectivity index (χ1v) is 8.84. The standard InChI is InChI=1S/C15H32N2S/c1-5-18-10-7-14(4)17-9-6-8-16-15(12-17)11-13(2)3/h13-16H,5-12H2,1-4H3. The van der Waals surface area contributed by atoms with E-state index in [-0.39, 0.29) is 0 Å². The summed E-state index contributed by atoms with van der Waals surface area (Å²) in [6.45, 7) is 13.0. The fraction of sp³-hybridized carbons (Fsp3) is 1.00. The van der Waals surface area contributed by atoms with E-state index in [0.717, 1.165) is 12.0 Å². The van der Waals surface area contributed by atoms with Gasteiger partial charge in [0.2, 0.25) is 0 Å². The van der Waals surface area contributed by atoms with E-state index >= 15 is 0 Å². The first kappa shape index (κ1) is 16.3. The van der Waals surface area contributed by atoms with Gasteiger partial charge in [-0.2, -0.15) is 11.8 Å². The molecule has 0 spiro atoms. The lowest BCUT2D eigenvalue weighted by molar-refractivity contribution is 0.194. The summed E-state index contributed by atoms with van der Waals surface area (Å²) in [6, 6.07) is 1.45. The fourth-order valence-electron chi connectivity index (χ4n) is 2.74. The van der Waals surface area contributed by atoms with Gasteiger partial charge in [0, 0.05) is 18.6 Å². The average molecular weight is 273 g/mol. The van der Waals surface area contributed by atoms with Gasteiger partial charge in [-0.3, -0.25) is 4.90 Å². The van der Waals surface area contributed by atoms with Gasteiger partial charge in [-0.15, -0.1) is 0 Å². The molecule has 0 aliphatic carbocycles. The Hall–Kier alpha value is 0.270. The minimum Gasteiger partial charge on any atom is -0.313 e. The van der Waals surface area contributed by atoms with E-state index in [1.807, 2.05) is 0 Å². The number of rotatable bonds is 7. The maximum atomic E-state index is 3.72. The van der Waals surface area contributed by atoms with Gasteiger partial charge in [0.25, 0.3) is 0 Å². The molecule has 1 N–H and O–H groups in total. The van der Waals surface area contributed by atoms with Gasteiger partial charge in [0.15, 0.2) is 0 Å². The quantitative estimate of drug-likeness (QED) is 0.716. The van der Waals surface area contributed by atoms with Crippen LogP contribution in [0.4, 0.5) is 0 Å². The second kappa shape index (κ2) is 9.22. The summed E-state index contributed by atoms with van der Waals surface area (Å²) in [4.78, 5) is 2.71. The molecule has 0 bridgehead atoms. The normalized spacial score (nSPS) is 24.2. The zero-order valence-electron chi connectivity index (χ0n) is 12.7. The monoisotopic (exact) mass is 272 g/mol. The van der Waals surface area contributed by atoms with E-state index in [0.29, 0.717) is 6.04 Å². The highest BCUT2D eigenvalue weighted by Crippen LogP contribution is 2.15. The molecule has 1 aliphatic rings. The first-order valence-electron chi connectivity index (χ1n) is 7.68. The molecule has 1 fully saturated rings. The molecule has 108 valence electrons. The third-order valence-electron chi connectivity index (χ3n) is 3.77. The molecule has 2 nitrogen and oxygen atoms in total. The zero-order valence-corrected chi connectivity index (χ0v) is 13.6.